The predicted octanol–water partition coefficient (Wildman–Crippen LogP) is 2.40. The van der Waals surface area contributed by atoms with E-state index in [0.717, 1.165) is 19.3 Å². The fourth-order valence-electron chi connectivity index (χ4n) is 4.29. The van der Waals surface area contributed by atoms with Crippen LogP contribution in [0.3, 0.4) is 0 Å². The number of hydrogen-bond acceptors (Lipinski definition) is 4. The molecule has 2 aliphatic heterocycles. The Hall–Kier alpha value is -0.610. The molecular weight excluding hydrogens is 244 g/mol. The molecule has 2 saturated carbocycles. The van der Waals surface area contributed by atoms with Gasteiger partial charge in [-0.3, -0.25) is 4.79 Å². The molecule has 4 rings (SSSR count). The molecule has 4 fully saturated rings. The van der Waals surface area contributed by atoms with Crippen molar-refractivity contribution in [2.45, 2.75) is 76.0 Å². The summed E-state index contributed by atoms with van der Waals surface area (Å²) in [5, 5.41) is 0. The summed E-state index contributed by atoms with van der Waals surface area (Å²) in [6, 6.07) is 0. The summed E-state index contributed by atoms with van der Waals surface area (Å²) >= 11 is 0. The first-order chi connectivity index (χ1) is 9.06. The monoisotopic (exact) mass is 266 g/mol. The van der Waals surface area contributed by atoms with E-state index in [-0.39, 0.29) is 35.6 Å². The Morgan fingerprint density at radius 1 is 1.26 bits per heavy atom. The maximum Gasteiger partial charge on any atom is 0.312 e. The number of carbonyl (C=O) groups is 1. The molecule has 4 heteroatoms. The molecule has 0 bridgehead atoms. The van der Waals surface area contributed by atoms with Gasteiger partial charge in [0.25, 0.3) is 0 Å². The molecule has 0 radical (unpaired) electrons. The zero-order valence-electron chi connectivity index (χ0n) is 11.7. The summed E-state index contributed by atoms with van der Waals surface area (Å²) in [7, 11) is 0. The number of ether oxygens (including phenoxy) is 3. The van der Waals surface area contributed by atoms with E-state index in [0.29, 0.717) is 0 Å². The average molecular weight is 266 g/mol. The van der Waals surface area contributed by atoms with Gasteiger partial charge in [-0.2, -0.15) is 0 Å². The van der Waals surface area contributed by atoms with Crippen LogP contribution in [0.15, 0.2) is 0 Å². The highest BCUT2D eigenvalue weighted by Gasteiger charge is 2.88. The van der Waals surface area contributed by atoms with Gasteiger partial charge in [-0.25, -0.2) is 0 Å². The van der Waals surface area contributed by atoms with Crippen LogP contribution in [0.1, 0.15) is 52.4 Å². The van der Waals surface area contributed by atoms with Crippen molar-refractivity contribution in [2.75, 3.05) is 0 Å². The van der Waals surface area contributed by atoms with Gasteiger partial charge < -0.3 is 14.2 Å². The van der Waals surface area contributed by atoms with E-state index < -0.39 is 5.79 Å². The fourth-order valence-corrected chi connectivity index (χ4v) is 4.29. The van der Waals surface area contributed by atoms with E-state index in [1.807, 2.05) is 0 Å². The molecule has 0 N–H and O–H groups in total. The Morgan fingerprint density at radius 2 is 2.00 bits per heavy atom. The van der Waals surface area contributed by atoms with Gasteiger partial charge in [0.1, 0.15) is 17.8 Å². The number of rotatable bonds is 2. The van der Waals surface area contributed by atoms with Crippen LogP contribution in [0.2, 0.25) is 0 Å². The van der Waals surface area contributed by atoms with Crippen LogP contribution in [-0.2, 0) is 19.0 Å². The lowest BCUT2D eigenvalue weighted by molar-refractivity contribution is -0.158. The summed E-state index contributed by atoms with van der Waals surface area (Å²) < 4.78 is 17.2. The van der Waals surface area contributed by atoms with Crippen molar-refractivity contribution in [3.05, 3.63) is 0 Å². The largest absolute Gasteiger partial charge is 0.462 e. The summed E-state index contributed by atoms with van der Waals surface area (Å²) in [4.78, 5) is 12.4. The van der Waals surface area contributed by atoms with Crippen LogP contribution in [-0.4, -0.2) is 29.6 Å². The molecule has 0 aromatic carbocycles. The molecule has 0 amide bonds. The first-order valence-corrected chi connectivity index (χ1v) is 7.64. The van der Waals surface area contributed by atoms with Gasteiger partial charge >= 0.3 is 5.97 Å². The Kier molecular flexibility index (Phi) is 2.39. The molecule has 2 heterocycles. The van der Waals surface area contributed by atoms with E-state index in [1.54, 1.807) is 0 Å². The van der Waals surface area contributed by atoms with Gasteiger partial charge in [0.05, 0.1) is 5.92 Å². The highest BCUT2D eigenvalue weighted by molar-refractivity contribution is 5.75. The van der Waals surface area contributed by atoms with Crippen molar-refractivity contribution in [1.29, 1.82) is 0 Å². The van der Waals surface area contributed by atoms with E-state index in [9.17, 15) is 4.79 Å². The minimum atomic E-state index is -0.421. The maximum absolute atomic E-state index is 12.4. The summed E-state index contributed by atoms with van der Waals surface area (Å²) in [5.41, 5.74) is -0.140. The van der Waals surface area contributed by atoms with E-state index in [2.05, 4.69) is 13.8 Å². The van der Waals surface area contributed by atoms with Crippen molar-refractivity contribution in [2.24, 2.45) is 11.8 Å². The quantitative estimate of drug-likeness (QED) is 0.569. The minimum absolute atomic E-state index is 0.0566. The van der Waals surface area contributed by atoms with Crippen molar-refractivity contribution in [1.82, 2.24) is 0 Å². The molecule has 4 nitrogen and oxygen atoms in total. The van der Waals surface area contributed by atoms with Crippen LogP contribution >= 0.6 is 0 Å². The molecular formula is C15H22O4. The Balaban J connectivity index is 1.43. The van der Waals surface area contributed by atoms with Crippen molar-refractivity contribution in [3.63, 3.8) is 0 Å². The second kappa shape index (κ2) is 3.73. The Bertz CT molecular complexity index is 416. The maximum atomic E-state index is 12.4. The van der Waals surface area contributed by atoms with Crippen LogP contribution in [0.4, 0.5) is 0 Å². The number of carbonyl (C=O) groups excluding carboxylic acids is 1. The van der Waals surface area contributed by atoms with Gasteiger partial charge in [-0.05, 0) is 44.9 Å². The van der Waals surface area contributed by atoms with Crippen LogP contribution in [0, 0.1) is 11.8 Å². The predicted molar refractivity (Wildman–Crippen MR) is 67.3 cm³/mol. The standard InChI is InChI=1S/C15H22O4/c1-9-8-14(2)15(19-14)12(18-15)11(9)13(16)17-10-6-4-3-5-7-10/h9-12H,3-8H2,1-2H3. The zero-order chi connectivity index (χ0) is 13.3. The molecule has 19 heavy (non-hydrogen) atoms. The minimum Gasteiger partial charge on any atom is -0.462 e. The third-order valence-electron chi connectivity index (χ3n) is 5.45. The molecule has 0 aromatic heterocycles. The van der Waals surface area contributed by atoms with Crippen molar-refractivity contribution < 1.29 is 19.0 Å². The van der Waals surface area contributed by atoms with Gasteiger partial charge in [0, 0.05) is 0 Å². The van der Waals surface area contributed by atoms with Crippen molar-refractivity contribution in [3.8, 4) is 0 Å². The lowest BCUT2D eigenvalue weighted by Gasteiger charge is -2.28. The normalized spacial score (nSPS) is 52.0. The molecule has 5 unspecified atom stereocenters. The lowest BCUT2D eigenvalue weighted by atomic mass is 9.75. The van der Waals surface area contributed by atoms with E-state index >= 15 is 0 Å². The van der Waals surface area contributed by atoms with Gasteiger partial charge in [0.2, 0.25) is 5.79 Å². The zero-order valence-corrected chi connectivity index (χ0v) is 11.7. The van der Waals surface area contributed by atoms with Gasteiger partial charge in [-0.15, -0.1) is 0 Å². The number of hydrogen-bond donors (Lipinski definition) is 0. The van der Waals surface area contributed by atoms with E-state index in [4.69, 9.17) is 14.2 Å². The second-order valence-corrected chi connectivity index (χ2v) is 6.94. The molecule has 2 aliphatic carbocycles. The number of epoxide rings is 2. The second-order valence-electron chi connectivity index (χ2n) is 6.94. The number of esters is 1. The fraction of sp³-hybridized carbons (Fsp3) is 0.933. The van der Waals surface area contributed by atoms with Gasteiger partial charge in [-0.1, -0.05) is 13.3 Å². The Labute approximate surface area is 113 Å². The Morgan fingerprint density at radius 3 is 2.74 bits per heavy atom. The molecule has 5 atom stereocenters. The summed E-state index contributed by atoms with van der Waals surface area (Å²) in [5.74, 6) is -0.323. The average Bonchev–Trinajstić information content (AvgIpc) is 3.18. The lowest BCUT2D eigenvalue weighted by Crippen LogP contribution is -2.39. The highest BCUT2D eigenvalue weighted by atomic mass is 16.9. The van der Waals surface area contributed by atoms with Crippen molar-refractivity contribution >= 4 is 5.97 Å². The van der Waals surface area contributed by atoms with E-state index in [1.165, 1.54) is 19.3 Å². The summed E-state index contributed by atoms with van der Waals surface area (Å²) in [6.45, 7) is 4.21. The van der Waals surface area contributed by atoms with Crippen LogP contribution in [0.5, 0.6) is 0 Å². The molecule has 2 saturated heterocycles. The summed E-state index contributed by atoms with van der Waals surface area (Å²) in [6.07, 6.45) is 6.67. The smallest absolute Gasteiger partial charge is 0.312 e. The first-order valence-electron chi connectivity index (χ1n) is 7.64. The third kappa shape index (κ3) is 1.62. The first kappa shape index (κ1) is 12.2. The molecule has 1 spiro atoms. The molecule has 106 valence electrons. The molecule has 0 aromatic rings. The topological polar surface area (TPSA) is 51.4 Å². The van der Waals surface area contributed by atoms with Crippen LogP contribution < -0.4 is 0 Å². The SMILES string of the molecule is CC1CC2(C)OC23OC3C1C(=O)OC1CCCCC1. The van der Waals surface area contributed by atoms with Crippen LogP contribution in [0.25, 0.3) is 0 Å². The molecule has 4 aliphatic rings. The third-order valence-corrected chi connectivity index (χ3v) is 5.45. The highest BCUT2D eigenvalue weighted by Crippen LogP contribution is 2.71. The van der Waals surface area contributed by atoms with Gasteiger partial charge in [0.15, 0.2) is 0 Å².